The Bertz CT molecular complexity index is 983. The summed E-state index contributed by atoms with van der Waals surface area (Å²) in [4.78, 5) is 24.0. The molecule has 0 fully saturated rings. The average Bonchev–Trinajstić information content (AvgIpc) is 2.68. The van der Waals surface area contributed by atoms with E-state index in [0.717, 1.165) is 0 Å². The third kappa shape index (κ3) is 7.72. The van der Waals surface area contributed by atoms with Crippen LogP contribution < -0.4 is 20.2 Å². The molecule has 0 aromatic heterocycles. The second-order valence-corrected chi connectivity index (χ2v) is 8.19. The molecule has 31 heavy (non-hydrogen) atoms. The summed E-state index contributed by atoms with van der Waals surface area (Å²) in [7, 11) is 0. The number of anilines is 1. The van der Waals surface area contributed by atoms with Gasteiger partial charge in [0.1, 0.15) is 6.42 Å². The number of hydrogen-bond donors (Lipinski definition) is 2. The van der Waals surface area contributed by atoms with Crippen molar-refractivity contribution < 1.29 is 19.1 Å². The number of hydrazone groups is 1. The summed E-state index contributed by atoms with van der Waals surface area (Å²) >= 11 is 15.4. The SMILES string of the molecule is CCOc1cc(C=NNC(=O)CC(=O)Nc2cccc(Cl)c2Cl)cc(Br)c1OC(C)C. The van der Waals surface area contributed by atoms with Gasteiger partial charge in [-0.1, -0.05) is 29.3 Å². The predicted molar refractivity (Wildman–Crippen MR) is 127 cm³/mol. The van der Waals surface area contributed by atoms with Crippen molar-refractivity contribution >= 4 is 62.8 Å². The van der Waals surface area contributed by atoms with Gasteiger partial charge in [-0.05, 0) is 66.5 Å². The zero-order valence-electron chi connectivity index (χ0n) is 17.2. The highest BCUT2D eigenvalue weighted by molar-refractivity contribution is 9.10. The Hall–Kier alpha value is -2.29. The molecule has 2 N–H and O–H groups in total. The van der Waals surface area contributed by atoms with E-state index in [1.807, 2.05) is 20.8 Å². The summed E-state index contributed by atoms with van der Waals surface area (Å²) in [5, 5.41) is 6.94. The van der Waals surface area contributed by atoms with Gasteiger partial charge < -0.3 is 14.8 Å². The number of benzene rings is 2. The number of nitrogens with one attached hydrogen (secondary N) is 2. The van der Waals surface area contributed by atoms with E-state index < -0.39 is 18.2 Å². The Morgan fingerprint density at radius 2 is 1.97 bits per heavy atom. The van der Waals surface area contributed by atoms with Crippen LogP contribution in [0.25, 0.3) is 0 Å². The van der Waals surface area contributed by atoms with Gasteiger partial charge in [-0.3, -0.25) is 9.59 Å². The Balaban J connectivity index is 1.98. The lowest BCUT2D eigenvalue weighted by Gasteiger charge is -2.16. The van der Waals surface area contributed by atoms with Crippen LogP contribution in [0.3, 0.4) is 0 Å². The van der Waals surface area contributed by atoms with Crippen LogP contribution in [0.2, 0.25) is 10.0 Å². The van der Waals surface area contributed by atoms with Gasteiger partial charge in [-0.2, -0.15) is 5.10 Å². The molecule has 0 bridgehead atoms. The molecule has 0 aliphatic rings. The first-order chi connectivity index (χ1) is 14.7. The maximum atomic E-state index is 12.0. The van der Waals surface area contributed by atoms with Crippen LogP contribution in [0.1, 0.15) is 32.8 Å². The van der Waals surface area contributed by atoms with Gasteiger partial charge in [0.15, 0.2) is 11.5 Å². The summed E-state index contributed by atoms with van der Waals surface area (Å²) in [5.74, 6) is 0.00898. The highest BCUT2D eigenvalue weighted by Gasteiger charge is 2.14. The van der Waals surface area contributed by atoms with Crippen molar-refractivity contribution in [1.29, 1.82) is 0 Å². The molecule has 0 heterocycles. The first kappa shape index (κ1) is 25.0. The minimum absolute atomic E-state index is 0.0257. The number of halogens is 3. The highest BCUT2D eigenvalue weighted by atomic mass is 79.9. The van der Waals surface area contributed by atoms with E-state index in [2.05, 4.69) is 31.8 Å². The summed E-state index contributed by atoms with van der Waals surface area (Å²) in [5.41, 5.74) is 3.31. The molecule has 0 saturated carbocycles. The smallest absolute Gasteiger partial charge is 0.249 e. The minimum atomic E-state index is -0.587. The maximum Gasteiger partial charge on any atom is 0.249 e. The first-order valence-corrected chi connectivity index (χ1v) is 10.9. The molecule has 2 rings (SSSR count). The number of amides is 2. The molecule has 0 aliphatic heterocycles. The maximum absolute atomic E-state index is 12.0. The zero-order chi connectivity index (χ0) is 23.0. The molecule has 0 atom stereocenters. The van der Waals surface area contributed by atoms with Crippen molar-refractivity contribution in [2.75, 3.05) is 11.9 Å². The van der Waals surface area contributed by atoms with Crippen LogP contribution in [0, 0.1) is 0 Å². The van der Waals surface area contributed by atoms with Crippen molar-refractivity contribution in [3.8, 4) is 11.5 Å². The Labute approximate surface area is 199 Å². The first-order valence-electron chi connectivity index (χ1n) is 9.40. The third-order valence-corrected chi connectivity index (χ3v) is 5.04. The van der Waals surface area contributed by atoms with E-state index in [-0.39, 0.29) is 11.1 Å². The molecule has 2 amide bonds. The summed E-state index contributed by atoms with van der Waals surface area (Å²) in [6.45, 7) is 6.17. The van der Waals surface area contributed by atoms with Gasteiger partial charge in [0.2, 0.25) is 11.8 Å². The zero-order valence-corrected chi connectivity index (χ0v) is 20.3. The largest absolute Gasteiger partial charge is 0.490 e. The van der Waals surface area contributed by atoms with Crippen LogP contribution in [-0.4, -0.2) is 30.7 Å². The van der Waals surface area contributed by atoms with Gasteiger partial charge in [0.05, 0.1) is 39.1 Å². The number of carbonyl (C=O) groups excluding carboxylic acids is 2. The Morgan fingerprint density at radius 1 is 1.23 bits per heavy atom. The van der Waals surface area contributed by atoms with Crippen molar-refractivity contribution in [3.05, 3.63) is 50.4 Å². The fourth-order valence-corrected chi connectivity index (χ4v) is 3.34. The van der Waals surface area contributed by atoms with Gasteiger partial charge in [0.25, 0.3) is 0 Å². The van der Waals surface area contributed by atoms with E-state index >= 15 is 0 Å². The number of carbonyl (C=O) groups is 2. The van der Waals surface area contributed by atoms with Crippen LogP contribution >= 0.6 is 39.1 Å². The molecular formula is C21H22BrCl2N3O4. The Kier molecular flexibility index (Phi) is 9.61. The average molecular weight is 531 g/mol. The fourth-order valence-electron chi connectivity index (χ4n) is 2.43. The van der Waals surface area contributed by atoms with Gasteiger partial charge in [0, 0.05) is 0 Å². The van der Waals surface area contributed by atoms with Crippen molar-refractivity contribution in [1.82, 2.24) is 5.43 Å². The van der Waals surface area contributed by atoms with E-state index in [4.69, 9.17) is 32.7 Å². The normalized spacial score (nSPS) is 10.9. The quantitative estimate of drug-likeness (QED) is 0.257. The van der Waals surface area contributed by atoms with E-state index in [9.17, 15) is 9.59 Å². The molecule has 166 valence electrons. The number of nitrogens with zero attached hydrogens (tertiary/aromatic N) is 1. The van der Waals surface area contributed by atoms with Crippen LogP contribution in [0.4, 0.5) is 5.69 Å². The van der Waals surface area contributed by atoms with Gasteiger partial charge in [-0.25, -0.2) is 5.43 Å². The topological polar surface area (TPSA) is 89.0 Å². The standard InChI is InChI=1S/C21H22BrCl2N3O4/c1-4-30-17-9-13(8-14(22)21(17)31-12(2)3)11-25-27-19(29)10-18(28)26-16-7-5-6-15(23)20(16)24/h5-9,11-12H,4,10H2,1-3H3,(H,26,28)(H,27,29). The molecule has 2 aromatic carbocycles. The minimum Gasteiger partial charge on any atom is -0.490 e. The molecule has 0 aliphatic carbocycles. The van der Waals surface area contributed by atoms with E-state index in [0.29, 0.717) is 38.9 Å². The van der Waals surface area contributed by atoms with Crippen molar-refractivity contribution in [2.45, 2.75) is 33.3 Å². The molecule has 7 nitrogen and oxygen atoms in total. The fraction of sp³-hybridized carbons (Fsp3) is 0.286. The Morgan fingerprint density at radius 3 is 2.65 bits per heavy atom. The van der Waals surface area contributed by atoms with E-state index in [1.54, 1.807) is 30.3 Å². The third-order valence-electron chi connectivity index (χ3n) is 3.63. The lowest BCUT2D eigenvalue weighted by Crippen LogP contribution is -2.24. The van der Waals surface area contributed by atoms with Gasteiger partial charge in [-0.15, -0.1) is 0 Å². The lowest BCUT2D eigenvalue weighted by molar-refractivity contribution is -0.126. The summed E-state index contributed by atoms with van der Waals surface area (Å²) in [6, 6.07) is 8.35. The number of hydrogen-bond acceptors (Lipinski definition) is 5. The summed E-state index contributed by atoms with van der Waals surface area (Å²) in [6.07, 6.45) is 0.980. The predicted octanol–water partition coefficient (Wildman–Crippen LogP) is 5.42. The van der Waals surface area contributed by atoms with Crippen molar-refractivity contribution in [2.24, 2.45) is 5.10 Å². The second kappa shape index (κ2) is 11.9. The van der Waals surface area contributed by atoms with E-state index in [1.165, 1.54) is 6.21 Å². The van der Waals surface area contributed by atoms with Crippen LogP contribution in [0.15, 0.2) is 39.9 Å². The molecular weight excluding hydrogens is 509 g/mol. The molecule has 0 spiro atoms. The lowest BCUT2D eigenvalue weighted by atomic mass is 10.2. The molecule has 10 heteroatoms. The molecule has 0 unspecified atom stereocenters. The second-order valence-electron chi connectivity index (χ2n) is 6.55. The van der Waals surface area contributed by atoms with Crippen molar-refractivity contribution in [3.63, 3.8) is 0 Å². The monoisotopic (exact) mass is 529 g/mol. The molecule has 2 aromatic rings. The van der Waals surface area contributed by atoms with Gasteiger partial charge >= 0.3 is 0 Å². The summed E-state index contributed by atoms with van der Waals surface area (Å²) < 4.78 is 12.1. The molecule has 0 saturated heterocycles. The van der Waals surface area contributed by atoms with Crippen LogP contribution in [-0.2, 0) is 9.59 Å². The van der Waals surface area contributed by atoms with Crippen LogP contribution in [0.5, 0.6) is 11.5 Å². The molecule has 0 radical (unpaired) electrons. The highest BCUT2D eigenvalue weighted by Crippen LogP contribution is 2.37. The number of ether oxygens (including phenoxy) is 2. The number of rotatable bonds is 9.